The van der Waals surface area contributed by atoms with Crippen LogP contribution in [0.3, 0.4) is 0 Å². The van der Waals surface area contributed by atoms with Crippen LogP contribution in [-0.2, 0) is 4.79 Å². The van der Waals surface area contributed by atoms with E-state index >= 15 is 0 Å². The van der Waals surface area contributed by atoms with Crippen molar-refractivity contribution in [2.45, 2.75) is 25.9 Å². The van der Waals surface area contributed by atoms with Crippen molar-refractivity contribution < 1.29 is 9.21 Å². The molecule has 6 nitrogen and oxygen atoms in total. The Kier molecular flexibility index (Phi) is 6.49. The molecule has 0 radical (unpaired) electrons. The topological polar surface area (TPSA) is 80.4 Å². The molecule has 1 amide bonds. The molecule has 0 saturated carbocycles. The Morgan fingerprint density at radius 2 is 1.93 bits per heavy atom. The first-order valence-electron chi connectivity index (χ1n) is 8.54. The minimum absolute atomic E-state index is 0.172. The summed E-state index contributed by atoms with van der Waals surface area (Å²) in [7, 11) is 0. The second kappa shape index (κ2) is 9.03. The van der Waals surface area contributed by atoms with E-state index in [1.165, 1.54) is 18.0 Å². The molecule has 8 heteroatoms. The number of carbonyl (C=O) groups excluding carboxylic acids is 1. The Morgan fingerprint density at radius 1 is 1.18 bits per heavy atom. The second-order valence-corrected chi connectivity index (χ2v) is 7.56. The summed E-state index contributed by atoms with van der Waals surface area (Å²) in [5.74, 6) is 1.14. The minimum Gasteiger partial charge on any atom is -0.455 e. The average molecular weight is 415 g/mol. The van der Waals surface area contributed by atoms with Crippen LogP contribution >= 0.6 is 23.4 Å². The smallest absolute Gasteiger partial charge is 0.250 e. The van der Waals surface area contributed by atoms with Crippen LogP contribution < -0.4 is 5.43 Å². The number of hydrogen-bond acceptors (Lipinski definition) is 6. The summed E-state index contributed by atoms with van der Waals surface area (Å²) >= 11 is 7.32. The third-order valence-corrected chi connectivity index (χ3v) is 4.85. The van der Waals surface area contributed by atoms with E-state index < -0.39 is 0 Å². The quantitative estimate of drug-likeness (QED) is 0.277. The van der Waals surface area contributed by atoms with Crippen molar-refractivity contribution in [3.8, 4) is 11.3 Å². The van der Waals surface area contributed by atoms with Gasteiger partial charge in [0.15, 0.2) is 5.16 Å². The van der Waals surface area contributed by atoms with Crippen LogP contribution in [0.25, 0.3) is 11.3 Å². The summed E-state index contributed by atoms with van der Waals surface area (Å²) < 4.78 is 5.76. The molecule has 2 heterocycles. The van der Waals surface area contributed by atoms with Gasteiger partial charge < -0.3 is 4.42 Å². The van der Waals surface area contributed by atoms with Crippen LogP contribution in [0.4, 0.5) is 0 Å². The van der Waals surface area contributed by atoms with Gasteiger partial charge in [0, 0.05) is 22.0 Å². The number of thioether (sulfide) groups is 1. The Hall–Kier alpha value is -2.64. The number of carbonyl (C=O) groups is 1. The zero-order chi connectivity index (χ0) is 20.1. The predicted molar refractivity (Wildman–Crippen MR) is 112 cm³/mol. The molecule has 1 N–H and O–H groups in total. The van der Waals surface area contributed by atoms with E-state index in [2.05, 4.69) is 20.5 Å². The highest BCUT2D eigenvalue weighted by Gasteiger charge is 2.08. The summed E-state index contributed by atoms with van der Waals surface area (Å²) in [6, 6.07) is 11.1. The fourth-order valence-corrected chi connectivity index (χ4v) is 3.43. The zero-order valence-electron chi connectivity index (χ0n) is 15.7. The molecule has 0 fully saturated rings. The summed E-state index contributed by atoms with van der Waals surface area (Å²) in [4.78, 5) is 20.5. The van der Waals surface area contributed by atoms with Crippen LogP contribution in [0.1, 0.15) is 22.7 Å². The van der Waals surface area contributed by atoms with Crippen LogP contribution in [0.15, 0.2) is 51.1 Å². The predicted octanol–water partition coefficient (Wildman–Crippen LogP) is 4.56. The zero-order valence-corrected chi connectivity index (χ0v) is 17.3. The Balaban J connectivity index is 1.55. The highest BCUT2D eigenvalue weighted by Crippen LogP contribution is 2.27. The van der Waals surface area contributed by atoms with Crippen molar-refractivity contribution >= 4 is 35.5 Å². The average Bonchev–Trinajstić information content (AvgIpc) is 3.10. The molecule has 0 aliphatic rings. The van der Waals surface area contributed by atoms with E-state index in [0.717, 1.165) is 22.5 Å². The molecular formula is C20H19ClN4O2S. The molecule has 0 saturated heterocycles. The molecule has 0 bridgehead atoms. The maximum Gasteiger partial charge on any atom is 0.250 e. The number of benzene rings is 1. The van der Waals surface area contributed by atoms with E-state index in [0.29, 0.717) is 21.7 Å². The Labute approximate surface area is 172 Å². The first-order valence-corrected chi connectivity index (χ1v) is 9.90. The van der Waals surface area contributed by atoms with Gasteiger partial charge in [-0.05, 0) is 56.7 Å². The van der Waals surface area contributed by atoms with E-state index in [-0.39, 0.29) is 11.7 Å². The van der Waals surface area contributed by atoms with E-state index in [1.54, 1.807) is 6.07 Å². The van der Waals surface area contributed by atoms with Gasteiger partial charge in [-0.1, -0.05) is 29.4 Å². The Bertz CT molecular complexity index is 1010. The number of rotatable bonds is 6. The van der Waals surface area contributed by atoms with Gasteiger partial charge in [0.2, 0.25) is 0 Å². The molecule has 3 rings (SSSR count). The van der Waals surface area contributed by atoms with Crippen LogP contribution in [0.5, 0.6) is 0 Å². The van der Waals surface area contributed by atoms with Gasteiger partial charge in [0.1, 0.15) is 11.5 Å². The van der Waals surface area contributed by atoms with Crippen molar-refractivity contribution in [1.29, 1.82) is 0 Å². The SMILES string of the molecule is Cc1cc(C)nc(SCC(=O)N/N=C\c2ccc(-c3cc(Cl)ccc3C)o2)n1. The lowest BCUT2D eigenvalue weighted by molar-refractivity contribution is -0.118. The molecule has 28 heavy (non-hydrogen) atoms. The standard InChI is InChI=1S/C20H19ClN4O2S/c1-12-4-5-15(21)9-17(12)18-7-6-16(27-18)10-22-25-19(26)11-28-20-23-13(2)8-14(3)24-20/h4-10H,11H2,1-3H3,(H,25,26)/b22-10-. The van der Waals surface area contributed by atoms with Crippen LogP contribution in [0.2, 0.25) is 5.02 Å². The number of amides is 1. The van der Waals surface area contributed by atoms with E-state index in [1.807, 2.05) is 51.1 Å². The molecule has 0 unspecified atom stereocenters. The summed E-state index contributed by atoms with van der Waals surface area (Å²) in [5.41, 5.74) is 6.19. The summed E-state index contributed by atoms with van der Waals surface area (Å²) in [5, 5.41) is 5.15. The number of aryl methyl sites for hydroxylation is 3. The minimum atomic E-state index is -0.249. The molecule has 0 aliphatic carbocycles. The Morgan fingerprint density at radius 3 is 2.68 bits per heavy atom. The number of furan rings is 1. The molecule has 0 spiro atoms. The van der Waals surface area contributed by atoms with Gasteiger partial charge >= 0.3 is 0 Å². The van der Waals surface area contributed by atoms with Crippen LogP contribution in [-0.4, -0.2) is 27.8 Å². The van der Waals surface area contributed by atoms with Crippen molar-refractivity contribution in [3.63, 3.8) is 0 Å². The molecule has 1 aromatic carbocycles. The highest BCUT2D eigenvalue weighted by atomic mass is 35.5. The van der Waals surface area contributed by atoms with E-state index in [4.69, 9.17) is 16.0 Å². The third-order valence-electron chi connectivity index (χ3n) is 3.77. The molecule has 3 aromatic rings. The van der Waals surface area contributed by atoms with Gasteiger partial charge in [-0.3, -0.25) is 4.79 Å². The van der Waals surface area contributed by atoms with Crippen molar-refractivity contribution in [2.75, 3.05) is 5.75 Å². The normalized spacial score (nSPS) is 11.1. The first-order chi connectivity index (χ1) is 13.4. The lowest BCUT2D eigenvalue weighted by atomic mass is 10.1. The highest BCUT2D eigenvalue weighted by molar-refractivity contribution is 7.99. The molecule has 144 valence electrons. The summed E-state index contributed by atoms with van der Waals surface area (Å²) in [6.07, 6.45) is 1.46. The maximum absolute atomic E-state index is 11.9. The molecule has 0 aliphatic heterocycles. The van der Waals surface area contributed by atoms with Gasteiger partial charge in [0.25, 0.3) is 5.91 Å². The number of hydrogen-bond donors (Lipinski definition) is 1. The lowest BCUT2D eigenvalue weighted by Crippen LogP contribution is -2.19. The number of nitrogens with one attached hydrogen (secondary N) is 1. The largest absolute Gasteiger partial charge is 0.455 e. The lowest BCUT2D eigenvalue weighted by Gasteiger charge is -2.03. The van der Waals surface area contributed by atoms with Gasteiger partial charge in [-0.2, -0.15) is 5.10 Å². The number of nitrogens with zero attached hydrogens (tertiary/aromatic N) is 3. The number of aromatic nitrogens is 2. The van der Waals surface area contributed by atoms with Gasteiger partial charge in [0.05, 0.1) is 12.0 Å². The molecular weight excluding hydrogens is 396 g/mol. The van der Waals surface area contributed by atoms with Gasteiger partial charge in [-0.15, -0.1) is 0 Å². The molecule has 0 atom stereocenters. The van der Waals surface area contributed by atoms with Crippen molar-refractivity contribution in [1.82, 2.24) is 15.4 Å². The van der Waals surface area contributed by atoms with Gasteiger partial charge in [-0.25, -0.2) is 15.4 Å². The van der Waals surface area contributed by atoms with Crippen molar-refractivity contribution in [2.24, 2.45) is 5.10 Å². The summed E-state index contributed by atoms with van der Waals surface area (Å²) in [6.45, 7) is 5.77. The fraction of sp³-hybridized carbons (Fsp3) is 0.200. The van der Waals surface area contributed by atoms with Crippen molar-refractivity contribution in [3.05, 3.63) is 64.1 Å². The monoisotopic (exact) mass is 414 g/mol. The fourth-order valence-electron chi connectivity index (χ4n) is 2.52. The number of hydrazone groups is 1. The third kappa shape index (κ3) is 5.43. The maximum atomic E-state index is 11.9. The van der Waals surface area contributed by atoms with Crippen LogP contribution in [0, 0.1) is 20.8 Å². The first kappa shape index (κ1) is 20.1. The second-order valence-electron chi connectivity index (χ2n) is 6.18. The molecule has 2 aromatic heterocycles. The number of halogens is 1. The van der Waals surface area contributed by atoms with E-state index in [9.17, 15) is 4.79 Å².